The molecule has 0 aliphatic heterocycles. The lowest BCUT2D eigenvalue weighted by Crippen LogP contribution is -2.42. The van der Waals surface area contributed by atoms with E-state index in [1.54, 1.807) is 0 Å². The van der Waals surface area contributed by atoms with Crippen molar-refractivity contribution in [2.24, 2.45) is 0 Å². The maximum atomic E-state index is 12.3. The van der Waals surface area contributed by atoms with E-state index >= 15 is 0 Å². The number of hydrogen-bond acceptors (Lipinski definition) is 3. The highest BCUT2D eigenvalue weighted by atomic mass is 32.2. The molecule has 1 saturated carbocycles. The van der Waals surface area contributed by atoms with E-state index in [0.29, 0.717) is 6.42 Å². The fourth-order valence-corrected chi connectivity index (χ4v) is 5.60. The Hall–Kier alpha value is -0.0831. The van der Waals surface area contributed by atoms with Crippen LogP contribution in [-0.4, -0.2) is 28.1 Å². The molecule has 1 rings (SSSR count). The van der Waals surface area contributed by atoms with Crippen LogP contribution in [0.5, 0.6) is 0 Å². The van der Waals surface area contributed by atoms with E-state index in [1.165, 1.54) is 0 Å². The Bertz CT molecular complexity index is 386. The van der Waals surface area contributed by atoms with Crippen LogP contribution in [-0.2, 0) is 14.3 Å². The summed E-state index contributed by atoms with van der Waals surface area (Å²) in [6.45, 7) is 6.08. The average molecular weight is 304 g/mol. The van der Waals surface area contributed by atoms with Gasteiger partial charge < -0.3 is 0 Å². The van der Waals surface area contributed by atoms with Gasteiger partial charge in [-0.05, 0) is 12.0 Å². The first-order chi connectivity index (χ1) is 7.95. The summed E-state index contributed by atoms with van der Waals surface area (Å²) < 4.78 is 63.5. The zero-order valence-corrected chi connectivity index (χ0v) is 12.6. The summed E-state index contributed by atoms with van der Waals surface area (Å²) >= 11 is 0. The fraction of sp³-hybridized carbons (Fsp3) is 1.00. The molecule has 18 heavy (non-hydrogen) atoms. The molecule has 0 bridgehead atoms. The molecule has 108 valence electrons. The van der Waals surface area contributed by atoms with Crippen molar-refractivity contribution in [3.8, 4) is 0 Å². The van der Waals surface area contributed by atoms with Gasteiger partial charge in [0.1, 0.15) is 0 Å². The maximum absolute atomic E-state index is 12.3. The Kier molecular flexibility index (Phi) is 4.55. The van der Waals surface area contributed by atoms with Gasteiger partial charge in [-0.25, -0.2) is 0 Å². The number of rotatable bonds is 3. The van der Waals surface area contributed by atoms with Crippen molar-refractivity contribution >= 4 is 18.2 Å². The minimum Gasteiger partial charge on any atom is -0.260 e. The van der Waals surface area contributed by atoms with Gasteiger partial charge in [0.2, 0.25) is 0 Å². The monoisotopic (exact) mass is 304 g/mol. The summed E-state index contributed by atoms with van der Waals surface area (Å²) in [5.41, 5.74) is -5.36. The molecule has 8 heteroatoms. The highest BCUT2D eigenvalue weighted by Gasteiger charge is 2.50. The zero-order chi connectivity index (χ0) is 14.2. The number of alkyl halides is 3. The average Bonchev–Trinajstić information content (AvgIpc) is 2.14. The standard InChI is InChI=1S/C10H19F3O3SSi/c1-18(2,3)9-7-5-4-6-8(9)16-17(14,15)10(11,12)13/h8-9H,4-7H2,1-3H3/t8-,9+/m1/s1. The predicted octanol–water partition coefficient (Wildman–Crippen LogP) is 3.50. The molecule has 1 fully saturated rings. The summed E-state index contributed by atoms with van der Waals surface area (Å²) in [6.07, 6.45) is 2.00. The quantitative estimate of drug-likeness (QED) is 0.455. The Morgan fingerprint density at radius 3 is 2.06 bits per heavy atom. The van der Waals surface area contributed by atoms with Gasteiger partial charge in [-0.3, -0.25) is 4.18 Å². The van der Waals surface area contributed by atoms with Crippen molar-refractivity contribution in [3.63, 3.8) is 0 Å². The predicted molar refractivity (Wildman–Crippen MR) is 65.4 cm³/mol. The minimum absolute atomic E-state index is 0.0385. The zero-order valence-electron chi connectivity index (χ0n) is 10.8. The Balaban J connectivity index is 2.88. The lowest BCUT2D eigenvalue weighted by atomic mass is 9.97. The molecular formula is C10H19F3O3SSi. The molecule has 0 N–H and O–H groups in total. The van der Waals surface area contributed by atoms with Crippen LogP contribution in [0.1, 0.15) is 25.7 Å². The molecule has 3 nitrogen and oxygen atoms in total. The van der Waals surface area contributed by atoms with Crippen LogP contribution in [0.4, 0.5) is 13.2 Å². The SMILES string of the molecule is C[Si](C)(C)[C@H]1CCCC[C@H]1OS(=O)(=O)C(F)(F)F. The number of halogens is 3. The molecule has 0 aromatic rings. The van der Waals surface area contributed by atoms with Crippen molar-refractivity contribution in [2.75, 3.05) is 0 Å². The Labute approximate surface area is 107 Å². The van der Waals surface area contributed by atoms with Gasteiger partial charge in [0.15, 0.2) is 0 Å². The van der Waals surface area contributed by atoms with E-state index in [1.807, 2.05) is 19.6 Å². The first-order valence-corrected chi connectivity index (χ1v) is 10.9. The van der Waals surface area contributed by atoms with Crippen molar-refractivity contribution in [1.82, 2.24) is 0 Å². The van der Waals surface area contributed by atoms with Crippen LogP contribution in [0.15, 0.2) is 0 Å². The molecule has 0 aromatic heterocycles. The summed E-state index contributed by atoms with van der Waals surface area (Å²) in [5, 5.41) is 0. The first kappa shape index (κ1) is 16.0. The van der Waals surface area contributed by atoms with Gasteiger partial charge in [0.25, 0.3) is 0 Å². The fourth-order valence-electron chi connectivity index (χ4n) is 2.42. The van der Waals surface area contributed by atoms with Gasteiger partial charge in [-0.15, -0.1) is 0 Å². The lowest BCUT2D eigenvalue weighted by Gasteiger charge is -2.38. The van der Waals surface area contributed by atoms with Crippen LogP contribution in [0.25, 0.3) is 0 Å². The van der Waals surface area contributed by atoms with Crippen LogP contribution < -0.4 is 0 Å². The maximum Gasteiger partial charge on any atom is 0.523 e. The smallest absolute Gasteiger partial charge is 0.260 e. The molecule has 0 radical (unpaired) electrons. The highest BCUT2D eigenvalue weighted by Crippen LogP contribution is 2.41. The number of hydrogen-bond donors (Lipinski definition) is 0. The van der Waals surface area contributed by atoms with E-state index in [2.05, 4.69) is 4.18 Å². The van der Waals surface area contributed by atoms with E-state index < -0.39 is 29.8 Å². The Morgan fingerprint density at radius 1 is 1.11 bits per heavy atom. The summed E-state index contributed by atoms with van der Waals surface area (Å²) in [7, 11) is -7.20. The van der Waals surface area contributed by atoms with Crippen molar-refractivity contribution in [1.29, 1.82) is 0 Å². The third kappa shape index (κ3) is 3.71. The molecular weight excluding hydrogens is 285 g/mol. The van der Waals surface area contributed by atoms with Gasteiger partial charge >= 0.3 is 15.6 Å². The van der Waals surface area contributed by atoms with E-state index in [4.69, 9.17) is 0 Å². The van der Waals surface area contributed by atoms with Crippen molar-refractivity contribution < 1.29 is 25.8 Å². The van der Waals surface area contributed by atoms with Crippen molar-refractivity contribution in [3.05, 3.63) is 0 Å². The molecule has 0 unspecified atom stereocenters. The molecule has 0 amide bonds. The second kappa shape index (κ2) is 5.13. The summed E-state index contributed by atoms with van der Waals surface area (Å²) in [5.74, 6) is 0. The van der Waals surface area contributed by atoms with Gasteiger partial charge in [-0.1, -0.05) is 38.9 Å². The van der Waals surface area contributed by atoms with Gasteiger partial charge in [-0.2, -0.15) is 21.6 Å². The molecule has 2 atom stereocenters. The topological polar surface area (TPSA) is 43.4 Å². The third-order valence-electron chi connectivity index (χ3n) is 3.35. The van der Waals surface area contributed by atoms with Crippen LogP contribution in [0.2, 0.25) is 25.2 Å². The molecule has 0 saturated heterocycles. The van der Waals surface area contributed by atoms with Gasteiger partial charge in [0, 0.05) is 0 Å². The summed E-state index contributed by atoms with van der Waals surface area (Å²) in [4.78, 5) is 0. The normalized spacial score (nSPS) is 27.2. The van der Waals surface area contributed by atoms with Crippen LogP contribution in [0, 0.1) is 0 Å². The largest absolute Gasteiger partial charge is 0.523 e. The molecule has 0 spiro atoms. The van der Waals surface area contributed by atoms with E-state index in [0.717, 1.165) is 19.3 Å². The Morgan fingerprint density at radius 2 is 1.61 bits per heavy atom. The van der Waals surface area contributed by atoms with Gasteiger partial charge in [0.05, 0.1) is 14.2 Å². The van der Waals surface area contributed by atoms with E-state index in [9.17, 15) is 21.6 Å². The second-order valence-corrected chi connectivity index (χ2v) is 12.8. The summed E-state index contributed by atoms with van der Waals surface area (Å²) in [6, 6.07) is 0. The molecule has 1 aliphatic carbocycles. The lowest BCUT2D eigenvalue weighted by molar-refractivity contribution is -0.0585. The molecule has 0 heterocycles. The third-order valence-corrected chi connectivity index (χ3v) is 7.30. The second-order valence-electron chi connectivity index (χ2n) is 5.79. The minimum atomic E-state index is -5.47. The van der Waals surface area contributed by atoms with Crippen LogP contribution >= 0.6 is 0 Å². The molecule has 1 aliphatic rings. The molecule has 0 aromatic carbocycles. The van der Waals surface area contributed by atoms with E-state index in [-0.39, 0.29) is 5.54 Å². The van der Waals surface area contributed by atoms with Crippen LogP contribution in [0.3, 0.4) is 0 Å². The first-order valence-electron chi connectivity index (χ1n) is 5.95. The highest BCUT2D eigenvalue weighted by molar-refractivity contribution is 7.87. The van der Waals surface area contributed by atoms with Crippen molar-refractivity contribution in [2.45, 2.75) is 62.5 Å².